The molecule has 0 saturated carbocycles. The number of alkyl halides is 3. The van der Waals surface area contributed by atoms with Gasteiger partial charge in [0.2, 0.25) is 5.91 Å². The van der Waals surface area contributed by atoms with Gasteiger partial charge in [0.05, 0.1) is 12.1 Å². The highest BCUT2D eigenvalue weighted by Crippen LogP contribution is 2.29. The number of rotatable bonds is 5. The van der Waals surface area contributed by atoms with Crippen molar-refractivity contribution in [3.05, 3.63) is 35.4 Å². The number of benzene rings is 1. The molecular weight excluding hydrogens is 415 g/mol. The number of nitrogens with one attached hydrogen (secondary N) is 2. The lowest BCUT2D eigenvalue weighted by Gasteiger charge is -2.32. The molecule has 0 atom stereocenters. The van der Waals surface area contributed by atoms with Crippen LogP contribution in [0.2, 0.25) is 0 Å². The van der Waals surface area contributed by atoms with Crippen molar-refractivity contribution in [1.29, 1.82) is 0 Å². The minimum absolute atomic E-state index is 0.169. The zero-order valence-corrected chi connectivity index (χ0v) is 17.8. The zero-order valence-electron chi connectivity index (χ0n) is 17.8. The molecule has 0 aliphatic carbocycles. The molecule has 1 aliphatic heterocycles. The second kappa shape index (κ2) is 10.0. The Kier molecular flexibility index (Phi) is 7.91. The molecule has 10 heteroatoms. The van der Waals surface area contributed by atoms with Gasteiger partial charge >= 0.3 is 12.3 Å². The molecular formula is C21H28F3N3O4. The Balaban J connectivity index is 1.72. The van der Waals surface area contributed by atoms with Crippen LogP contribution in [0.15, 0.2) is 24.3 Å². The van der Waals surface area contributed by atoms with E-state index < -0.39 is 23.4 Å². The van der Waals surface area contributed by atoms with Gasteiger partial charge in [-0.2, -0.15) is 13.2 Å². The zero-order chi connectivity index (χ0) is 23.2. The summed E-state index contributed by atoms with van der Waals surface area (Å²) in [5.74, 6) is -0.478. The van der Waals surface area contributed by atoms with E-state index in [0.717, 1.165) is 12.1 Å². The third-order valence-corrected chi connectivity index (χ3v) is 4.74. The van der Waals surface area contributed by atoms with Gasteiger partial charge in [-0.3, -0.25) is 9.59 Å². The average Bonchev–Trinajstić information content (AvgIpc) is 2.69. The molecule has 1 heterocycles. The molecule has 31 heavy (non-hydrogen) atoms. The van der Waals surface area contributed by atoms with E-state index in [9.17, 15) is 27.6 Å². The molecule has 0 bridgehead atoms. The van der Waals surface area contributed by atoms with Crippen molar-refractivity contribution < 1.29 is 32.3 Å². The fourth-order valence-electron chi connectivity index (χ4n) is 3.11. The molecule has 172 valence electrons. The van der Waals surface area contributed by atoms with Crippen LogP contribution in [0.5, 0.6) is 0 Å². The highest BCUT2D eigenvalue weighted by Gasteiger charge is 2.31. The maximum atomic E-state index is 12.6. The van der Waals surface area contributed by atoms with E-state index in [1.807, 2.05) is 0 Å². The van der Waals surface area contributed by atoms with Gasteiger partial charge in [-0.25, -0.2) is 4.79 Å². The Labute approximate surface area is 179 Å². The lowest BCUT2D eigenvalue weighted by Crippen LogP contribution is -2.44. The van der Waals surface area contributed by atoms with Gasteiger partial charge in [-0.1, -0.05) is 0 Å². The van der Waals surface area contributed by atoms with Crippen molar-refractivity contribution in [3.8, 4) is 0 Å². The van der Waals surface area contributed by atoms with Crippen LogP contribution in [0.1, 0.15) is 49.5 Å². The van der Waals surface area contributed by atoms with Gasteiger partial charge in [0.1, 0.15) is 5.60 Å². The number of amides is 3. The first-order valence-electron chi connectivity index (χ1n) is 10.1. The number of halogens is 3. The minimum atomic E-state index is -4.44. The number of hydrogen-bond donors (Lipinski definition) is 2. The highest BCUT2D eigenvalue weighted by atomic mass is 19.4. The minimum Gasteiger partial charge on any atom is -0.444 e. The summed E-state index contributed by atoms with van der Waals surface area (Å²) < 4.78 is 43.0. The Bertz CT molecular complexity index is 781. The Morgan fingerprint density at radius 3 is 2.13 bits per heavy atom. The van der Waals surface area contributed by atoms with E-state index >= 15 is 0 Å². The summed E-state index contributed by atoms with van der Waals surface area (Å²) in [4.78, 5) is 37.5. The Hall–Kier alpha value is -2.78. The van der Waals surface area contributed by atoms with Crippen molar-refractivity contribution in [2.75, 3.05) is 26.2 Å². The van der Waals surface area contributed by atoms with Crippen LogP contribution < -0.4 is 10.6 Å². The monoisotopic (exact) mass is 443 g/mol. The maximum Gasteiger partial charge on any atom is 0.416 e. The number of likely N-dealkylation sites (tertiary alicyclic amines) is 1. The van der Waals surface area contributed by atoms with Gasteiger partial charge in [0.25, 0.3) is 5.91 Å². The van der Waals surface area contributed by atoms with Gasteiger partial charge < -0.3 is 20.3 Å². The standard InChI is InChI=1S/C21H28F3N3O4/c1-20(2,3)31-19(30)26-13-17(28)25-12-14-8-10-27(11-9-14)18(29)15-4-6-16(7-5-15)21(22,23)24/h4-7,14H,8-13H2,1-3H3,(H,25,28)(H,26,30). The van der Waals surface area contributed by atoms with Crippen molar-refractivity contribution in [2.24, 2.45) is 5.92 Å². The van der Waals surface area contributed by atoms with Crippen molar-refractivity contribution in [3.63, 3.8) is 0 Å². The molecule has 1 aliphatic rings. The molecule has 0 radical (unpaired) electrons. The fraction of sp³-hybridized carbons (Fsp3) is 0.571. The molecule has 0 unspecified atom stereocenters. The third kappa shape index (κ3) is 8.10. The molecule has 1 fully saturated rings. The van der Waals surface area contributed by atoms with Gasteiger partial charge in [0.15, 0.2) is 0 Å². The number of carbonyl (C=O) groups excluding carboxylic acids is 3. The number of ether oxygens (including phenoxy) is 1. The normalized spacial score (nSPS) is 15.4. The van der Waals surface area contributed by atoms with E-state index in [1.165, 1.54) is 12.1 Å². The van der Waals surface area contributed by atoms with Crippen LogP contribution in [0.25, 0.3) is 0 Å². The van der Waals surface area contributed by atoms with Crippen LogP contribution in [0.4, 0.5) is 18.0 Å². The SMILES string of the molecule is CC(C)(C)OC(=O)NCC(=O)NCC1CCN(C(=O)c2ccc(C(F)(F)F)cc2)CC1. The molecule has 0 spiro atoms. The summed E-state index contributed by atoms with van der Waals surface area (Å²) in [5, 5.41) is 5.13. The molecule has 3 amide bonds. The summed E-state index contributed by atoms with van der Waals surface area (Å²) in [6.07, 6.45) is -3.79. The second-order valence-electron chi connectivity index (χ2n) is 8.47. The molecule has 7 nitrogen and oxygen atoms in total. The highest BCUT2D eigenvalue weighted by molar-refractivity contribution is 5.94. The molecule has 2 rings (SSSR count). The van der Waals surface area contributed by atoms with Gasteiger partial charge in [0, 0.05) is 25.2 Å². The van der Waals surface area contributed by atoms with Gasteiger partial charge in [-0.15, -0.1) is 0 Å². The number of carbonyl (C=O) groups is 3. The molecule has 1 aromatic carbocycles. The Morgan fingerprint density at radius 2 is 1.61 bits per heavy atom. The van der Waals surface area contributed by atoms with Crippen LogP contribution in [-0.4, -0.2) is 54.6 Å². The quantitative estimate of drug-likeness (QED) is 0.732. The van der Waals surface area contributed by atoms with Crippen LogP contribution in [-0.2, 0) is 15.7 Å². The first-order valence-corrected chi connectivity index (χ1v) is 10.1. The van der Waals surface area contributed by atoms with Crippen LogP contribution in [0, 0.1) is 5.92 Å². The largest absolute Gasteiger partial charge is 0.444 e. The molecule has 2 N–H and O–H groups in total. The topological polar surface area (TPSA) is 87.7 Å². The lowest BCUT2D eigenvalue weighted by molar-refractivity contribution is -0.137. The van der Waals surface area contributed by atoms with E-state index in [1.54, 1.807) is 25.7 Å². The summed E-state index contributed by atoms with van der Waals surface area (Å²) in [7, 11) is 0. The van der Waals surface area contributed by atoms with Crippen LogP contribution in [0.3, 0.4) is 0 Å². The molecule has 1 aromatic rings. The number of piperidine rings is 1. The summed E-state index contributed by atoms with van der Waals surface area (Å²) >= 11 is 0. The van der Waals surface area contributed by atoms with Gasteiger partial charge in [-0.05, 0) is 63.8 Å². The first kappa shape index (κ1) is 24.5. The van der Waals surface area contributed by atoms with Crippen molar-refractivity contribution in [2.45, 2.75) is 45.4 Å². The van der Waals surface area contributed by atoms with E-state index in [0.29, 0.717) is 32.5 Å². The number of alkyl carbamates (subject to hydrolysis) is 1. The predicted octanol–water partition coefficient (Wildman–Crippen LogP) is 3.20. The van der Waals surface area contributed by atoms with E-state index in [4.69, 9.17) is 4.74 Å². The van der Waals surface area contributed by atoms with E-state index in [-0.39, 0.29) is 29.8 Å². The average molecular weight is 443 g/mol. The maximum absolute atomic E-state index is 12.6. The smallest absolute Gasteiger partial charge is 0.416 e. The van der Waals surface area contributed by atoms with Crippen LogP contribution >= 0.6 is 0 Å². The molecule has 1 saturated heterocycles. The van der Waals surface area contributed by atoms with E-state index in [2.05, 4.69) is 10.6 Å². The summed E-state index contributed by atoms with van der Waals surface area (Å²) in [6.45, 7) is 6.30. The third-order valence-electron chi connectivity index (χ3n) is 4.74. The molecule has 0 aromatic heterocycles. The number of nitrogens with zero attached hydrogens (tertiary/aromatic N) is 1. The second-order valence-corrected chi connectivity index (χ2v) is 8.47. The van der Waals surface area contributed by atoms with Crippen molar-refractivity contribution in [1.82, 2.24) is 15.5 Å². The lowest BCUT2D eigenvalue weighted by atomic mass is 9.96. The summed E-state index contributed by atoms with van der Waals surface area (Å²) in [6, 6.07) is 4.19. The predicted molar refractivity (Wildman–Crippen MR) is 107 cm³/mol. The summed E-state index contributed by atoms with van der Waals surface area (Å²) in [5.41, 5.74) is -1.22. The number of hydrogen-bond acceptors (Lipinski definition) is 4. The fourth-order valence-corrected chi connectivity index (χ4v) is 3.11. The first-order chi connectivity index (χ1) is 14.3. The Morgan fingerprint density at radius 1 is 1.03 bits per heavy atom. The van der Waals surface area contributed by atoms with Crippen molar-refractivity contribution >= 4 is 17.9 Å².